The van der Waals surface area contributed by atoms with E-state index in [0.717, 1.165) is 16.7 Å². The molecule has 4 heteroatoms. The quantitative estimate of drug-likeness (QED) is 0.655. The summed E-state index contributed by atoms with van der Waals surface area (Å²) in [5, 5.41) is 3.92. The molecule has 0 heterocycles. The van der Waals surface area contributed by atoms with Crippen LogP contribution in [-0.4, -0.2) is 18.7 Å². The highest BCUT2D eigenvalue weighted by atomic mass is 16.5. The molecule has 0 atom stereocenters. The number of hydrazone groups is 1. The smallest absolute Gasteiger partial charge is 0.277 e. The average Bonchev–Trinajstić information content (AvgIpc) is 2.54. The largest absolute Gasteiger partial charge is 0.484 e. The van der Waals surface area contributed by atoms with Gasteiger partial charge in [-0.2, -0.15) is 5.10 Å². The van der Waals surface area contributed by atoms with Crippen molar-refractivity contribution in [3.05, 3.63) is 71.3 Å². The SMILES string of the molecule is C/C(C=NNC(=O)COc1cccc(C)c1)=C\c1ccccc1. The first-order valence-electron chi connectivity index (χ1n) is 7.38. The van der Waals surface area contributed by atoms with Crippen LogP contribution >= 0.6 is 0 Å². The second-order valence-corrected chi connectivity index (χ2v) is 5.20. The van der Waals surface area contributed by atoms with Gasteiger partial charge in [0.05, 0.1) is 6.21 Å². The second-order valence-electron chi connectivity index (χ2n) is 5.20. The molecule has 0 aliphatic rings. The summed E-state index contributed by atoms with van der Waals surface area (Å²) in [5.41, 5.74) is 5.56. The maximum absolute atomic E-state index is 11.7. The Bertz CT molecular complexity index is 706. The Morgan fingerprint density at radius 1 is 1.17 bits per heavy atom. The Labute approximate surface area is 136 Å². The lowest BCUT2D eigenvalue weighted by Crippen LogP contribution is -2.24. The first-order chi connectivity index (χ1) is 11.1. The number of nitrogens with one attached hydrogen (secondary N) is 1. The number of amides is 1. The molecule has 118 valence electrons. The van der Waals surface area contributed by atoms with Crippen LogP contribution in [0.3, 0.4) is 0 Å². The first kappa shape index (κ1) is 16.5. The van der Waals surface area contributed by atoms with E-state index >= 15 is 0 Å². The summed E-state index contributed by atoms with van der Waals surface area (Å²) in [6, 6.07) is 17.5. The number of aryl methyl sites for hydroxylation is 1. The molecule has 0 bridgehead atoms. The topological polar surface area (TPSA) is 50.7 Å². The van der Waals surface area contributed by atoms with Gasteiger partial charge < -0.3 is 4.74 Å². The van der Waals surface area contributed by atoms with Crippen LogP contribution in [0.1, 0.15) is 18.1 Å². The van der Waals surface area contributed by atoms with E-state index in [2.05, 4.69) is 10.5 Å². The van der Waals surface area contributed by atoms with Crippen molar-refractivity contribution in [3.63, 3.8) is 0 Å². The van der Waals surface area contributed by atoms with Gasteiger partial charge >= 0.3 is 0 Å². The zero-order valence-electron chi connectivity index (χ0n) is 13.3. The van der Waals surface area contributed by atoms with E-state index in [9.17, 15) is 4.79 Å². The number of ether oxygens (including phenoxy) is 1. The minimum Gasteiger partial charge on any atom is -0.484 e. The number of rotatable bonds is 6. The molecule has 1 N–H and O–H groups in total. The number of carbonyl (C=O) groups is 1. The van der Waals surface area contributed by atoms with Crippen molar-refractivity contribution in [2.45, 2.75) is 13.8 Å². The molecule has 0 unspecified atom stereocenters. The fourth-order valence-electron chi connectivity index (χ4n) is 1.94. The van der Waals surface area contributed by atoms with Crippen LogP contribution in [-0.2, 0) is 4.79 Å². The molecule has 0 spiro atoms. The van der Waals surface area contributed by atoms with Crippen molar-refractivity contribution in [1.29, 1.82) is 0 Å². The number of carbonyl (C=O) groups excluding carboxylic acids is 1. The second kappa shape index (κ2) is 8.54. The molecular weight excluding hydrogens is 288 g/mol. The van der Waals surface area contributed by atoms with E-state index in [1.165, 1.54) is 0 Å². The van der Waals surface area contributed by atoms with Crippen molar-refractivity contribution in [3.8, 4) is 5.75 Å². The Balaban J connectivity index is 1.78. The third kappa shape index (κ3) is 6.18. The Kier molecular flexibility index (Phi) is 6.12. The van der Waals surface area contributed by atoms with E-state index in [-0.39, 0.29) is 12.5 Å². The van der Waals surface area contributed by atoms with E-state index in [1.807, 2.05) is 74.5 Å². The van der Waals surface area contributed by atoms with Crippen molar-refractivity contribution in [2.75, 3.05) is 6.61 Å². The van der Waals surface area contributed by atoms with Crippen molar-refractivity contribution in [2.24, 2.45) is 5.10 Å². The molecule has 0 aromatic heterocycles. The maximum Gasteiger partial charge on any atom is 0.277 e. The van der Waals surface area contributed by atoms with Crippen LogP contribution in [0.25, 0.3) is 6.08 Å². The lowest BCUT2D eigenvalue weighted by atomic mass is 10.1. The number of nitrogens with zero attached hydrogens (tertiary/aromatic N) is 1. The Hall–Kier alpha value is -2.88. The molecule has 23 heavy (non-hydrogen) atoms. The number of allylic oxidation sites excluding steroid dienone is 1. The average molecular weight is 308 g/mol. The van der Waals surface area contributed by atoms with Gasteiger partial charge in [-0.3, -0.25) is 4.79 Å². The standard InChI is InChI=1S/C19H20N2O2/c1-15-7-6-10-18(12-15)23-14-19(22)21-20-13-16(2)11-17-8-4-3-5-9-17/h3-13H,14H2,1-2H3,(H,21,22)/b16-11+,20-13?. The molecule has 0 aliphatic heterocycles. The summed E-state index contributed by atoms with van der Waals surface area (Å²) >= 11 is 0. The van der Waals surface area contributed by atoms with Crippen LogP contribution in [0.5, 0.6) is 5.75 Å². The van der Waals surface area contributed by atoms with E-state index < -0.39 is 0 Å². The summed E-state index contributed by atoms with van der Waals surface area (Å²) < 4.78 is 5.40. The summed E-state index contributed by atoms with van der Waals surface area (Å²) in [6.07, 6.45) is 3.59. The van der Waals surface area contributed by atoms with Gasteiger partial charge in [0.25, 0.3) is 5.91 Å². The fourth-order valence-corrected chi connectivity index (χ4v) is 1.94. The van der Waals surface area contributed by atoms with Crippen LogP contribution in [0, 0.1) is 6.92 Å². The van der Waals surface area contributed by atoms with Gasteiger partial charge in [-0.05, 0) is 42.7 Å². The van der Waals surface area contributed by atoms with Gasteiger partial charge in [0, 0.05) is 0 Å². The molecule has 0 radical (unpaired) electrons. The molecular formula is C19H20N2O2. The molecule has 2 aromatic carbocycles. The van der Waals surface area contributed by atoms with Crippen molar-refractivity contribution < 1.29 is 9.53 Å². The summed E-state index contributed by atoms with van der Waals surface area (Å²) in [7, 11) is 0. The zero-order chi connectivity index (χ0) is 16.5. The first-order valence-corrected chi connectivity index (χ1v) is 7.38. The fraction of sp³-hybridized carbons (Fsp3) is 0.158. The molecule has 1 amide bonds. The molecule has 2 rings (SSSR count). The van der Waals surface area contributed by atoms with E-state index in [4.69, 9.17) is 4.74 Å². The third-order valence-corrected chi connectivity index (χ3v) is 3.01. The highest BCUT2D eigenvalue weighted by molar-refractivity contribution is 5.86. The molecule has 0 saturated carbocycles. The van der Waals surface area contributed by atoms with E-state index in [0.29, 0.717) is 5.75 Å². The molecule has 0 fully saturated rings. The van der Waals surface area contributed by atoms with Crippen LogP contribution < -0.4 is 10.2 Å². The number of hydrogen-bond donors (Lipinski definition) is 1. The van der Waals surface area contributed by atoms with Gasteiger partial charge in [-0.1, -0.05) is 48.5 Å². The monoisotopic (exact) mass is 308 g/mol. The summed E-state index contributed by atoms with van der Waals surface area (Å²) in [5.74, 6) is 0.375. The van der Waals surface area contributed by atoms with Gasteiger partial charge in [0.2, 0.25) is 0 Å². The normalized spacial score (nSPS) is 11.5. The lowest BCUT2D eigenvalue weighted by Gasteiger charge is -2.05. The zero-order valence-corrected chi connectivity index (χ0v) is 13.3. The summed E-state index contributed by atoms with van der Waals surface area (Å²) in [4.78, 5) is 11.7. The minimum atomic E-state index is -0.296. The molecule has 2 aromatic rings. The van der Waals surface area contributed by atoms with Crippen molar-refractivity contribution in [1.82, 2.24) is 5.43 Å². The predicted molar refractivity (Wildman–Crippen MR) is 93.4 cm³/mol. The molecule has 0 saturated heterocycles. The highest BCUT2D eigenvalue weighted by Crippen LogP contribution is 2.11. The number of hydrogen-bond acceptors (Lipinski definition) is 3. The van der Waals surface area contributed by atoms with Gasteiger partial charge in [-0.25, -0.2) is 5.43 Å². The third-order valence-electron chi connectivity index (χ3n) is 3.01. The Morgan fingerprint density at radius 2 is 1.96 bits per heavy atom. The van der Waals surface area contributed by atoms with Crippen LogP contribution in [0.2, 0.25) is 0 Å². The van der Waals surface area contributed by atoms with Gasteiger partial charge in [0.15, 0.2) is 6.61 Å². The number of benzene rings is 2. The highest BCUT2D eigenvalue weighted by Gasteiger charge is 2.01. The van der Waals surface area contributed by atoms with Crippen LogP contribution in [0.4, 0.5) is 0 Å². The van der Waals surface area contributed by atoms with Crippen LogP contribution in [0.15, 0.2) is 65.3 Å². The molecule has 4 nitrogen and oxygen atoms in total. The lowest BCUT2D eigenvalue weighted by molar-refractivity contribution is -0.123. The van der Waals surface area contributed by atoms with E-state index in [1.54, 1.807) is 6.21 Å². The van der Waals surface area contributed by atoms with Crippen molar-refractivity contribution >= 4 is 18.2 Å². The van der Waals surface area contributed by atoms with Gasteiger partial charge in [0.1, 0.15) is 5.75 Å². The Morgan fingerprint density at radius 3 is 2.70 bits per heavy atom. The van der Waals surface area contributed by atoms with Gasteiger partial charge in [-0.15, -0.1) is 0 Å². The minimum absolute atomic E-state index is 0.0672. The molecule has 0 aliphatic carbocycles. The maximum atomic E-state index is 11.7. The summed E-state index contributed by atoms with van der Waals surface area (Å²) in [6.45, 7) is 3.83. The predicted octanol–water partition coefficient (Wildman–Crippen LogP) is 3.58.